The first-order chi connectivity index (χ1) is 14.4. The Morgan fingerprint density at radius 1 is 1.17 bits per heavy atom. The van der Waals surface area contributed by atoms with Crippen molar-refractivity contribution in [2.45, 2.75) is 31.6 Å². The molecule has 1 N–H and O–H groups in total. The van der Waals surface area contributed by atoms with E-state index in [0.29, 0.717) is 33.7 Å². The molecular weight excluding hydrogens is 488 g/mol. The van der Waals surface area contributed by atoms with Crippen molar-refractivity contribution in [1.29, 1.82) is 0 Å². The van der Waals surface area contributed by atoms with Crippen LogP contribution in [0.3, 0.4) is 0 Å². The van der Waals surface area contributed by atoms with Crippen LogP contribution in [0.2, 0.25) is 5.02 Å². The lowest BCUT2D eigenvalue weighted by Gasteiger charge is -2.15. The van der Waals surface area contributed by atoms with Gasteiger partial charge in [-0.2, -0.15) is 0 Å². The average molecular weight is 508 g/mol. The number of benzene rings is 2. The maximum absolute atomic E-state index is 12.5. The van der Waals surface area contributed by atoms with Gasteiger partial charge in [-0.05, 0) is 38.1 Å². The number of nitrogens with one attached hydrogen (secondary N) is 1. The van der Waals surface area contributed by atoms with Crippen molar-refractivity contribution < 1.29 is 9.59 Å². The van der Waals surface area contributed by atoms with Gasteiger partial charge in [0.1, 0.15) is 0 Å². The summed E-state index contributed by atoms with van der Waals surface area (Å²) in [5.41, 5.74) is 1.05. The summed E-state index contributed by atoms with van der Waals surface area (Å²) in [6.07, 6.45) is 0. The molecule has 2 aromatic carbocycles. The Kier molecular flexibility index (Phi) is 7.69. The van der Waals surface area contributed by atoms with E-state index in [9.17, 15) is 9.59 Å². The van der Waals surface area contributed by atoms with Gasteiger partial charge in [0, 0.05) is 16.6 Å². The number of hydrogen-bond donors (Lipinski definition) is 1. The Morgan fingerprint density at radius 2 is 1.87 bits per heavy atom. The summed E-state index contributed by atoms with van der Waals surface area (Å²) in [5, 5.41) is 12.4. The molecule has 1 aromatic heterocycles. The lowest BCUT2D eigenvalue weighted by Crippen LogP contribution is -2.29. The van der Waals surface area contributed by atoms with Gasteiger partial charge in [0.2, 0.25) is 0 Å². The van der Waals surface area contributed by atoms with Gasteiger partial charge >= 0.3 is 0 Å². The quantitative estimate of drug-likeness (QED) is 0.336. The summed E-state index contributed by atoms with van der Waals surface area (Å²) in [6, 6.07) is 13.8. The first-order valence-electron chi connectivity index (χ1n) is 9.30. The molecule has 156 valence electrons. The predicted molar refractivity (Wildman–Crippen MR) is 122 cm³/mol. The molecule has 0 bridgehead atoms. The molecule has 0 aliphatic heterocycles. The summed E-state index contributed by atoms with van der Waals surface area (Å²) in [7, 11) is 0. The molecule has 6 nitrogen and oxygen atoms in total. The lowest BCUT2D eigenvalue weighted by molar-refractivity contribution is 0.0937. The first-order valence-corrected chi connectivity index (χ1v) is 11.5. The monoisotopic (exact) mass is 506 g/mol. The van der Waals surface area contributed by atoms with Crippen LogP contribution in [0, 0.1) is 0 Å². The molecule has 0 spiro atoms. The molecule has 0 unspecified atom stereocenters. The van der Waals surface area contributed by atoms with Crippen molar-refractivity contribution in [3.63, 3.8) is 0 Å². The van der Waals surface area contributed by atoms with Gasteiger partial charge in [0.15, 0.2) is 16.8 Å². The number of aromatic nitrogens is 3. The van der Waals surface area contributed by atoms with E-state index in [1.165, 1.54) is 11.8 Å². The molecule has 1 heterocycles. The zero-order valence-corrected chi connectivity index (χ0v) is 19.6. The predicted octanol–water partition coefficient (Wildman–Crippen LogP) is 5.18. The number of thioether (sulfide) groups is 1. The van der Waals surface area contributed by atoms with Gasteiger partial charge in [-0.1, -0.05) is 63.6 Å². The SMILES string of the molecule is CCn1c(SCC(=O)c2ccc(Br)cc2)nnc1[C@H](C)NC(=O)c1ccccc1Cl. The molecule has 30 heavy (non-hydrogen) atoms. The molecule has 0 saturated heterocycles. The second-order valence-corrected chi connectivity index (χ2v) is 8.74. The normalized spacial score (nSPS) is 11.9. The van der Waals surface area contributed by atoms with Crippen molar-refractivity contribution in [3.8, 4) is 0 Å². The molecule has 9 heteroatoms. The Morgan fingerprint density at radius 3 is 2.53 bits per heavy atom. The van der Waals surface area contributed by atoms with Gasteiger partial charge in [0.25, 0.3) is 5.91 Å². The fourth-order valence-corrected chi connectivity index (χ4v) is 4.25. The van der Waals surface area contributed by atoms with Gasteiger partial charge in [-0.3, -0.25) is 9.59 Å². The molecule has 0 aliphatic rings. The summed E-state index contributed by atoms with van der Waals surface area (Å²) in [4.78, 5) is 25.0. The highest BCUT2D eigenvalue weighted by Crippen LogP contribution is 2.23. The summed E-state index contributed by atoms with van der Waals surface area (Å²) in [5.74, 6) is 0.606. The largest absolute Gasteiger partial charge is 0.342 e. The van der Waals surface area contributed by atoms with Crippen LogP contribution in [0.25, 0.3) is 0 Å². The number of Topliss-reactive ketones (excluding diaryl/α,β-unsaturated/α-hetero) is 1. The fourth-order valence-electron chi connectivity index (χ4n) is 2.86. The topological polar surface area (TPSA) is 76.9 Å². The number of nitrogens with zero attached hydrogens (tertiary/aromatic N) is 3. The van der Waals surface area contributed by atoms with Crippen LogP contribution >= 0.6 is 39.3 Å². The average Bonchev–Trinajstić information content (AvgIpc) is 3.15. The number of carbonyl (C=O) groups is 2. The van der Waals surface area contributed by atoms with E-state index in [2.05, 4.69) is 31.4 Å². The van der Waals surface area contributed by atoms with Crippen molar-refractivity contribution in [1.82, 2.24) is 20.1 Å². The zero-order valence-electron chi connectivity index (χ0n) is 16.4. The number of amides is 1. The highest BCUT2D eigenvalue weighted by atomic mass is 79.9. The minimum absolute atomic E-state index is 0.0137. The van der Waals surface area contributed by atoms with E-state index in [0.717, 1.165) is 4.47 Å². The highest BCUT2D eigenvalue weighted by molar-refractivity contribution is 9.10. The standard InChI is InChI=1S/C21H20BrClN4O2S/c1-3-27-19(13(2)24-20(29)16-6-4-5-7-17(16)23)25-26-21(27)30-12-18(28)14-8-10-15(22)11-9-14/h4-11,13H,3,12H2,1-2H3,(H,24,29)/t13-/m0/s1. The van der Waals surface area contributed by atoms with Crippen LogP contribution in [0.5, 0.6) is 0 Å². The molecule has 0 radical (unpaired) electrons. The Labute approximate surface area is 192 Å². The third kappa shape index (κ3) is 5.30. The molecule has 1 atom stereocenters. The lowest BCUT2D eigenvalue weighted by atomic mass is 10.2. The van der Waals surface area contributed by atoms with Crippen LogP contribution in [-0.4, -0.2) is 32.2 Å². The smallest absolute Gasteiger partial charge is 0.253 e. The van der Waals surface area contributed by atoms with Crippen LogP contribution in [0.15, 0.2) is 58.2 Å². The summed E-state index contributed by atoms with van der Waals surface area (Å²) >= 11 is 10.8. The third-order valence-corrected chi connectivity index (χ3v) is 6.24. The van der Waals surface area contributed by atoms with Gasteiger partial charge in [0.05, 0.1) is 22.4 Å². The number of rotatable bonds is 8. The van der Waals surface area contributed by atoms with Crippen molar-refractivity contribution in [2.24, 2.45) is 0 Å². The number of hydrogen-bond acceptors (Lipinski definition) is 5. The fraction of sp³-hybridized carbons (Fsp3) is 0.238. The van der Waals surface area contributed by atoms with Crippen LogP contribution in [-0.2, 0) is 6.54 Å². The summed E-state index contributed by atoms with van der Waals surface area (Å²) in [6.45, 7) is 4.42. The molecule has 1 amide bonds. The zero-order chi connectivity index (χ0) is 21.7. The van der Waals surface area contributed by atoms with Crippen LogP contribution in [0.4, 0.5) is 0 Å². The number of halogens is 2. The van der Waals surface area contributed by atoms with E-state index in [1.807, 2.05) is 30.5 Å². The summed E-state index contributed by atoms with van der Waals surface area (Å²) < 4.78 is 2.83. The second kappa shape index (κ2) is 10.2. The van der Waals surface area contributed by atoms with E-state index >= 15 is 0 Å². The van der Waals surface area contributed by atoms with Crippen LogP contribution in [0.1, 0.15) is 46.4 Å². The molecule has 3 rings (SSSR count). The van der Waals surface area contributed by atoms with Crippen LogP contribution < -0.4 is 5.32 Å². The second-order valence-electron chi connectivity index (χ2n) is 6.48. The number of carbonyl (C=O) groups excluding carboxylic acids is 2. The minimum Gasteiger partial charge on any atom is -0.342 e. The van der Waals surface area contributed by atoms with E-state index < -0.39 is 0 Å². The van der Waals surface area contributed by atoms with E-state index in [-0.39, 0.29) is 23.5 Å². The van der Waals surface area contributed by atoms with Crippen molar-refractivity contribution in [2.75, 3.05) is 5.75 Å². The maximum Gasteiger partial charge on any atom is 0.253 e. The highest BCUT2D eigenvalue weighted by Gasteiger charge is 2.21. The molecule has 3 aromatic rings. The van der Waals surface area contributed by atoms with Crippen molar-refractivity contribution in [3.05, 3.63) is 75.0 Å². The van der Waals surface area contributed by atoms with E-state index in [1.54, 1.807) is 36.4 Å². The molecule has 0 saturated carbocycles. The Hall–Kier alpha value is -2.16. The molecule has 0 aliphatic carbocycles. The van der Waals surface area contributed by atoms with Gasteiger partial charge in [-0.15, -0.1) is 10.2 Å². The third-order valence-electron chi connectivity index (χ3n) is 4.41. The van der Waals surface area contributed by atoms with E-state index in [4.69, 9.17) is 11.6 Å². The number of ketones is 1. The van der Waals surface area contributed by atoms with Crippen molar-refractivity contribution >= 4 is 51.0 Å². The first kappa shape index (κ1) is 22.5. The van der Waals surface area contributed by atoms with Gasteiger partial charge < -0.3 is 9.88 Å². The van der Waals surface area contributed by atoms with Gasteiger partial charge in [-0.25, -0.2) is 0 Å². The minimum atomic E-state index is -0.377. The Balaban J connectivity index is 1.68. The Bertz CT molecular complexity index is 1060. The maximum atomic E-state index is 12.5. The molecule has 0 fully saturated rings. The molecular formula is C21H20BrClN4O2S.